The van der Waals surface area contributed by atoms with Crippen molar-refractivity contribution in [1.29, 1.82) is 0 Å². The average molecular weight is 461 g/mol. The molecule has 0 aromatic heterocycles. The molecule has 2 amide bonds. The number of hydrogen-bond donors (Lipinski definition) is 1. The Hall–Kier alpha value is -3.80. The molecule has 0 unspecified atom stereocenters. The van der Waals surface area contributed by atoms with Gasteiger partial charge in [-0.25, -0.2) is 0 Å². The lowest BCUT2D eigenvalue weighted by molar-refractivity contribution is -0.140. The van der Waals surface area contributed by atoms with Gasteiger partial charge in [-0.3, -0.25) is 9.59 Å². The van der Waals surface area contributed by atoms with Crippen LogP contribution in [-0.4, -0.2) is 37.0 Å². The number of carbonyl (C=O) groups is 2. The fraction of sp³-hybridized carbons (Fsp3) is 0.286. The summed E-state index contributed by atoms with van der Waals surface area (Å²) in [5.74, 6) is 1.25. The Kier molecular flexibility index (Phi) is 9.09. The summed E-state index contributed by atoms with van der Waals surface area (Å²) < 4.78 is 10.4. The molecular weight excluding hydrogens is 428 g/mol. The molecule has 0 aliphatic rings. The number of benzene rings is 3. The van der Waals surface area contributed by atoms with Crippen LogP contribution in [0.3, 0.4) is 0 Å². The number of nitrogens with one attached hydrogen (secondary N) is 1. The summed E-state index contributed by atoms with van der Waals surface area (Å²) in [5, 5.41) is 2.96. The van der Waals surface area contributed by atoms with E-state index in [2.05, 4.69) is 5.32 Å². The minimum Gasteiger partial charge on any atom is -0.497 e. The minimum atomic E-state index is -0.622. The maximum absolute atomic E-state index is 13.2. The number of aryl methyl sites for hydroxylation is 1. The second kappa shape index (κ2) is 12.4. The van der Waals surface area contributed by atoms with Crippen molar-refractivity contribution in [1.82, 2.24) is 10.2 Å². The van der Waals surface area contributed by atoms with Crippen LogP contribution in [0.1, 0.15) is 30.0 Å². The highest BCUT2D eigenvalue weighted by Gasteiger charge is 2.26. The largest absolute Gasteiger partial charge is 0.497 e. The van der Waals surface area contributed by atoms with Crippen LogP contribution in [0.5, 0.6) is 11.5 Å². The lowest BCUT2D eigenvalue weighted by Crippen LogP contribution is -2.47. The van der Waals surface area contributed by atoms with Gasteiger partial charge in [-0.15, -0.1) is 0 Å². The van der Waals surface area contributed by atoms with Crippen LogP contribution in [0.4, 0.5) is 0 Å². The predicted octanol–water partition coefficient (Wildman–Crippen LogP) is 4.37. The number of rotatable bonds is 11. The summed E-state index contributed by atoms with van der Waals surface area (Å²) in [4.78, 5) is 27.9. The summed E-state index contributed by atoms with van der Waals surface area (Å²) in [6.07, 6.45) is 0.954. The number of amides is 2. The summed E-state index contributed by atoms with van der Waals surface area (Å²) >= 11 is 0. The topological polar surface area (TPSA) is 67.9 Å². The molecule has 34 heavy (non-hydrogen) atoms. The second-order valence-corrected chi connectivity index (χ2v) is 8.10. The second-order valence-electron chi connectivity index (χ2n) is 8.10. The van der Waals surface area contributed by atoms with Gasteiger partial charge in [-0.2, -0.15) is 0 Å². The van der Waals surface area contributed by atoms with Crippen molar-refractivity contribution in [2.24, 2.45) is 0 Å². The number of nitrogens with zero attached hydrogens (tertiary/aromatic N) is 1. The molecule has 3 aromatic rings. The zero-order chi connectivity index (χ0) is 24.3. The molecule has 0 heterocycles. The van der Waals surface area contributed by atoms with E-state index < -0.39 is 6.04 Å². The number of hydrogen-bond acceptors (Lipinski definition) is 4. The smallest absolute Gasteiger partial charge is 0.242 e. The molecule has 3 rings (SSSR count). The Labute approximate surface area is 201 Å². The molecule has 0 saturated heterocycles. The van der Waals surface area contributed by atoms with E-state index in [4.69, 9.17) is 9.47 Å². The minimum absolute atomic E-state index is 0.0632. The van der Waals surface area contributed by atoms with Crippen molar-refractivity contribution < 1.29 is 19.1 Å². The van der Waals surface area contributed by atoms with E-state index in [0.29, 0.717) is 25.9 Å². The number of methoxy groups -OCH3 is 2. The summed E-state index contributed by atoms with van der Waals surface area (Å²) in [5.41, 5.74) is 2.99. The third kappa shape index (κ3) is 7.10. The van der Waals surface area contributed by atoms with Crippen LogP contribution in [0, 0.1) is 0 Å². The van der Waals surface area contributed by atoms with Gasteiger partial charge in [0.15, 0.2) is 0 Å². The first-order valence-corrected chi connectivity index (χ1v) is 11.4. The fourth-order valence-corrected chi connectivity index (χ4v) is 3.63. The average Bonchev–Trinajstić information content (AvgIpc) is 2.89. The monoisotopic (exact) mass is 460 g/mol. The van der Waals surface area contributed by atoms with Crippen LogP contribution >= 0.6 is 0 Å². The first-order valence-electron chi connectivity index (χ1n) is 11.4. The summed E-state index contributed by atoms with van der Waals surface area (Å²) in [7, 11) is 3.23. The Morgan fingerprint density at radius 3 is 1.91 bits per heavy atom. The number of ether oxygens (including phenoxy) is 2. The highest BCUT2D eigenvalue weighted by Crippen LogP contribution is 2.17. The summed E-state index contributed by atoms with van der Waals surface area (Å²) in [6.45, 7) is 2.49. The van der Waals surface area contributed by atoms with Gasteiger partial charge in [-0.1, -0.05) is 54.6 Å². The van der Waals surface area contributed by atoms with Crippen molar-refractivity contribution in [2.75, 3.05) is 14.2 Å². The normalized spacial score (nSPS) is 11.4. The molecule has 178 valence electrons. The molecular formula is C28H32N2O4. The maximum atomic E-state index is 13.2. The van der Waals surface area contributed by atoms with Crippen molar-refractivity contribution in [2.45, 2.75) is 38.9 Å². The van der Waals surface area contributed by atoms with Crippen LogP contribution in [0.2, 0.25) is 0 Å². The molecule has 0 aliphatic heterocycles. The maximum Gasteiger partial charge on any atom is 0.242 e. The van der Waals surface area contributed by atoms with Gasteiger partial charge in [0, 0.05) is 19.5 Å². The third-order valence-corrected chi connectivity index (χ3v) is 5.78. The standard InChI is InChI=1S/C28H32N2O4/c1-21(28(32)29-19-23-9-14-25(33-2)15-10-23)30(20-24-11-16-26(34-3)17-12-24)27(31)18-13-22-7-5-4-6-8-22/h4-12,14-17,21H,13,18-20H2,1-3H3,(H,29,32)/t21-/m0/s1. The van der Waals surface area contributed by atoms with E-state index in [0.717, 1.165) is 28.2 Å². The molecule has 0 aliphatic carbocycles. The van der Waals surface area contributed by atoms with Crippen molar-refractivity contribution >= 4 is 11.8 Å². The van der Waals surface area contributed by atoms with Crippen molar-refractivity contribution in [3.63, 3.8) is 0 Å². The van der Waals surface area contributed by atoms with E-state index in [-0.39, 0.29) is 11.8 Å². The lowest BCUT2D eigenvalue weighted by Gasteiger charge is -2.29. The SMILES string of the molecule is COc1ccc(CNC(=O)[C@H](C)N(Cc2ccc(OC)cc2)C(=O)CCc2ccccc2)cc1. The number of carbonyl (C=O) groups excluding carboxylic acids is 2. The van der Waals surface area contributed by atoms with Crippen LogP contribution < -0.4 is 14.8 Å². The van der Waals surface area contributed by atoms with E-state index in [1.807, 2.05) is 78.9 Å². The molecule has 0 fully saturated rings. The first kappa shape index (κ1) is 24.8. The fourth-order valence-electron chi connectivity index (χ4n) is 3.63. The van der Waals surface area contributed by atoms with Gasteiger partial charge in [0.1, 0.15) is 17.5 Å². The Morgan fingerprint density at radius 1 is 0.794 bits per heavy atom. The van der Waals surface area contributed by atoms with Crippen molar-refractivity contribution in [3.8, 4) is 11.5 Å². The van der Waals surface area contributed by atoms with Gasteiger partial charge >= 0.3 is 0 Å². The first-order chi connectivity index (χ1) is 16.5. The molecule has 6 nitrogen and oxygen atoms in total. The molecule has 0 saturated carbocycles. The van der Waals surface area contributed by atoms with Gasteiger partial charge in [0.25, 0.3) is 0 Å². The van der Waals surface area contributed by atoms with Gasteiger partial charge in [0.05, 0.1) is 14.2 Å². The van der Waals surface area contributed by atoms with Crippen LogP contribution in [0.15, 0.2) is 78.9 Å². The summed E-state index contributed by atoms with van der Waals surface area (Å²) in [6, 6.07) is 24.3. The van der Waals surface area contributed by atoms with Crippen molar-refractivity contribution in [3.05, 3.63) is 95.6 Å². The Balaban J connectivity index is 1.68. The zero-order valence-electron chi connectivity index (χ0n) is 20.0. The highest BCUT2D eigenvalue weighted by molar-refractivity contribution is 5.87. The van der Waals surface area contributed by atoms with Crippen LogP contribution in [0.25, 0.3) is 0 Å². The molecule has 1 N–H and O–H groups in total. The van der Waals surface area contributed by atoms with Gasteiger partial charge in [0.2, 0.25) is 11.8 Å². The van der Waals surface area contributed by atoms with E-state index in [1.165, 1.54) is 0 Å². The van der Waals surface area contributed by atoms with Gasteiger partial charge in [-0.05, 0) is 54.3 Å². The zero-order valence-corrected chi connectivity index (χ0v) is 20.0. The third-order valence-electron chi connectivity index (χ3n) is 5.78. The molecule has 3 aromatic carbocycles. The quantitative estimate of drug-likeness (QED) is 0.461. The van der Waals surface area contributed by atoms with E-state index >= 15 is 0 Å². The molecule has 0 spiro atoms. The molecule has 0 bridgehead atoms. The molecule has 1 atom stereocenters. The molecule has 6 heteroatoms. The van der Waals surface area contributed by atoms with Crippen LogP contribution in [-0.2, 0) is 29.1 Å². The van der Waals surface area contributed by atoms with E-state index in [9.17, 15) is 9.59 Å². The Bertz CT molecular complexity index is 1050. The van der Waals surface area contributed by atoms with E-state index in [1.54, 1.807) is 26.0 Å². The predicted molar refractivity (Wildman–Crippen MR) is 133 cm³/mol. The molecule has 0 radical (unpaired) electrons. The Morgan fingerprint density at radius 2 is 1.35 bits per heavy atom. The highest BCUT2D eigenvalue weighted by atomic mass is 16.5. The van der Waals surface area contributed by atoms with Gasteiger partial charge < -0.3 is 19.7 Å². The lowest BCUT2D eigenvalue weighted by atomic mass is 10.1.